The van der Waals surface area contributed by atoms with Crippen LogP contribution in [0.15, 0.2) is 9.98 Å². The van der Waals surface area contributed by atoms with E-state index in [2.05, 4.69) is 53.5 Å². The van der Waals surface area contributed by atoms with E-state index in [-0.39, 0.29) is 0 Å². The second kappa shape index (κ2) is 5.85. The molecule has 0 saturated carbocycles. The van der Waals surface area contributed by atoms with Crippen LogP contribution in [0.1, 0.15) is 27.7 Å². The Morgan fingerprint density at radius 1 is 1.27 bits per heavy atom. The third-order valence-corrected chi connectivity index (χ3v) is 3.52. The summed E-state index contributed by atoms with van der Waals surface area (Å²) in [4.78, 5) is 6.86. The minimum Gasteiger partial charge on any atom is -0.348 e. The average Bonchev–Trinajstić information content (AvgIpc) is 2.48. The number of hydrogen-bond acceptors (Lipinski definition) is 3. The molecule has 0 bridgehead atoms. The van der Waals surface area contributed by atoms with Gasteiger partial charge in [-0.05, 0) is 27.8 Å². The number of aromatic nitrogens is 1. The van der Waals surface area contributed by atoms with Gasteiger partial charge in [-0.25, -0.2) is 4.98 Å². The van der Waals surface area contributed by atoms with Crippen molar-refractivity contribution in [2.24, 2.45) is 11.8 Å². The Labute approximate surface area is 105 Å². The molecule has 0 aromatic carbocycles. The molecule has 1 heterocycles. The lowest BCUT2D eigenvalue weighted by molar-refractivity contribution is 0.552. The summed E-state index contributed by atoms with van der Waals surface area (Å²) in [7, 11) is 0. The van der Waals surface area contributed by atoms with Crippen LogP contribution in [0.4, 0.5) is 5.13 Å². The fraction of sp³-hybridized carbons (Fsp3) is 0.727. The smallest absolute Gasteiger partial charge is 0.186 e. The predicted octanol–water partition coefficient (Wildman–Crippen LogP) is 4.02. The second-order valence-corrected chi connectivity index (χ2v) is 6.29. The summed E-state index contributed by atoms with van der Waals surface area (Å²) in [5.74, 6) is 1.35. The lowest BCUT2D eigenvalue weighted by atomic mass is 10.1. The third kappa shape index (κ3) is 4.51. The Balaban J connectivity index is 2.71. The van der Waals surface area contributed by atoms with Gasteiger partial charge in [-0.2, -0.15) is 0 Å². The van der Waals surface area contributed by atoms with E-state index in [1.807, 2.05) is 5.38 Å². The molecule has 2 nitrogen and oxygen atoms in total. The number of halogens is 1. The maximum Gasteiger partial charge on any atom is 0.186 e. The van der Waals surface area contributed by atoms with Gasteiger partial charge in [0.2, 0.25) is 0 Å². The van der Waals surface area contributed by atoms with Gasteiger partial charge in [0.1, 0.15) is 4.60 Å². The van der Waals surface area contributed by atoms with Crippen LogP contribution in [-0.2, 0) is 0 Å². The van der Waals surface area contributed by atoms with Gasteiger partial charge in [0.15, 0.2) is 5.13 Å². The van der Waals surface area contributed by atoms with E-state index in [1.165, 1.54) is 0 Å². The summed E-state index contributed by atoms with van der Waals surface area (Å²) >= 11 is 5.12. The van der Waals surface area contributed by atoms with Gasteiger partial charge >= 0.3 is 0 Å². The number of thiazole rings is 1. The first kappa shape index (κ1) is 13.0. The highest BCUT2D eigenvalue weighted by Gasteiger charge is 2.13. The van der Waals surface area contributed by atoms with Crippen LogP contribution >= 0.6 is 27.3 Å². The fourth-order valence-corrected chi connectivity index (χ4v) is 2.77. The van der Waals surface area contributed by atoms with E-state index < -0.39 is 0 Å². The van der Waals surface area contributed by atoms with Gasteiger partial charge in [-0.1, -0.05) is 27.7 Å². The third-order valence-electron chi connectivity index (χ3n) is 1.91. The Bertz CT molecular complexity index is 287. The van der Waals surface area contributed by atoms with Crippen LogP contribution in [0.2, 0.25) is 0 Å². The van der Waals surface area contributed by atoms with Gasteiger partial charge < -0.3 is 4.90 Å². The van der Waals surface area contributed by atoms with Gasteiger partial charge in [-0.15, -0.1) is 11.3 Å². The van der Waals surface area contributed by atoms with Crippen molar-refractivity contribution >= 4 is 32.4 Å². The molecule has 0 unspecified atom stereocenters. The number of hydrogen-bond donors (Lipinski definition) is 0. The van der Waals surface area contributed by atoms with Crippen molar-refractivity contribution in [2.75, 3.05) is 18.0 Å². The fourth-order valence-electron chi connectivity index (χ4n) is 1.50. The Morgan fingerprint density at radius 2 is 1.80 bits per heavy atom. The van der Waals surface area contributed by atoms with Crippen LogP contribution < -0.4 is 4.90 Å². The van der Waals surface area contributed by atoms with Crippen LogP contribution in [-0.4, -0.2) is 18.1 Å². The SMILES string of the molecule is CC(C)CN(CC(C)C)c1nc(Br)cs1. The van der Waals surface area contributed by atoms with Gasteiger partial charge in [0.25, 0.3) is 0 Å². The molecule has 0 aliphatic rings. The molecule has 15 heavy (non-hydrogen) atoms. The molecule has 0 saturated heterocycles. The number of rotatable bonds is 5. The van der Waals surface area contributed by atoms with Crippen LogP contribution in [0.3, 0.4) is 0 Å². The van der Waals surface area contributed by atoms with Crippen molar-refractivity contribution in [3.63, 3.8) is 0 Å². The van der Waals surface area contributed by atoms with Crippen LogP contribution in [0, 0.1) is 11.8 Å². The summed E-state index contributed by atoms with van der Waals surface area (Å²) in [5, 5.41) is 3.17. The van der Waals surface area contributed by atoms with Crippen molar-refractivity contribution in [3.05, 3.63) is 9.98 Å². The average molecular weight is 291 g/mol. The van der Waals surface area contributed by atoms with Gasteiger partial charge in [-0.3, -0.25) is 0 Å². The molecule has 0 atom stereocenters. The maximum atomic E-state index is 4.48. The zero-order valence-electron chi connectivity index (χ0n) is 9.83. The first-order valence-electron chi connectivity index (χ1n) is 5.35. The molecule has 0 spiro atoms. The molecule has 0 aliphatic heterocycles. The van der Waals surface area contributed by atoms with E-state index in [9.17, 15) is 0 Å². The first-order valence-corrected chi connectivity index (χ1v) is 7.02. The number of anilines is 1. The molecule has 86 valence electrons. The van der Waals surface area contributed by atoms with E-state index >= 15 is 0 Å². The molecule has 4 heteroatoms. The van der Waals surface area contributed by atoms with Gasteiger partial charge in [0, 0.05) is 18.5 Å². The molecule has 0 aliphatic carbocycles. The molecule has 0 fully saturated rings. The predicted molar refractivity (Wildman–Crippen MR) is 71.7 cm³/mol. The Morgan fingerprint density at radius 3 is 2.13 bits per heavy atom. The van der Waals surface area contributed by atoms with Gasteiger partial charge in [0.05, 0.1) is 0 Å². The minimum absolute atomic E-state index is 0.673. The molecular formula is C11H19BrN2S. The minimum atomic E-state index is 0.673. The van der Waals surface area contributed by atoms with E-state index in [0.29, 0.717) is 11.8 Å². The van der Waals surface area contributed by atoms with Crippen LogP contribution in [0.5, 0.6) is 0 Å². The van der Waals surface area contributed by atoms with Crippen molar-refractivity contribution in [2.45, 2.75) is 27.7 Å². The van der Waals surface area contributed by atoms with Crippen LogP contribution in [0.25, 0.3) is 0 Å². The topological polar surface area (TPSA) is 16.1 Å². The summed E-state index contributed by atoms with van der Waals surface area (Å²) < 4.78 is 0.944. The monoisotopic (exact) mass is 290 g/mol. The van der Waals surface area contributed by atoms with Crippen molar-refractivity contribution in [1.82, 2.24) is 4.98 Å². The highest BCUT2D eigenvalue weighted by molar-refractivity contribution is 9.10. The molecule has 0 N–H and O–H groups in total. The van der Waals surface area contributed by atoms with E-state index in [4.69, 9.17) is 0 Å². The highest BCUT2D eigenvalue weighted by atomic mass is 79.9. The maximum absolute atomic E-state index is 4.48. The summed E-state index contributed by atoms with van der Waals surface area (Å²) in [6.45, 7) is 11.1. The lowest BCUT2D eigenvalue weighted by Crippen LogP contribution is -2.31. The Kier molecular flexibility index (Phi) is 5.06. The quantitative estimate of drug-likeness (QED) is 0.814. The molecule has 1 aromatic rings. The second-order valence-electron chi connectivity index (χ2n) is 4.65. The molecule has 1 aromatic heterocycles. The lowest BCUT2D eigenvalue weighted by Gasteiger charge is -2.25. The molecule has 0 radical (unpaired) electrons. The molecule has 0 amide bonds. The standard InChI is InChI=1S/C11H19BrN2S/c1-8(2)5-14(6-9(3)4)11-13-10(12)7-15-11/h7-9H,5-6H2,1-4H3. The molecule has 1 rings (SSSR count). The van der Waals surface area contributed by atoms with E-state index in [0.717, 1.165) is 22.8 Å². The first-order chi connectivity index (χ1) is 6.99. The Hall–Kier alpha value is -0.0900. The summed E-state index contributed by atoms with van der Waals surface area (Å²) in [6.07, 6.45) is 0. The summed E-state index contributed by atoms with van der Waals surface area (Å²) in [5.41, 5.74) is 0. The largest absolute Gasteiger partial charge is 0.348 e. The zero-order valence-corrected chi connectivity index (χ0v) is 12.2. The van der Waals surface area contributed by atoms with Crippen molar-refractivity contribution in [3.8, 4) is 0 Å². The zero-order chi connectivity index (χ0) is 11.4. The van der Waals surface area contributed by atoms with E-state index in [1.54, 1.807) is 11.3 Å². The highest BCUT2D eigenvalue weighted by Crippen LogP contribution is 2.25. The summed E-state index contributed by atoms with van der Waals surface area (Å²) in [6, 6.07) is 0. The van der Waals surface area contributed by atoms with Crippen molar-refractivity contribution < 1.29 is 0 Å². The number of nitrogens with zero attached hydrogens (tertiary/aromatic N) is 2. The molecular weight excluding hydrogens is 272 g/mol. The van der Waals surface area contributed by atoms with Crippen molar-refractivity contribution in [1.29, 1.82) is 0 Å². The normalized spacial score (nSPS) is 11.4.